The molecular weight excluding hydrogens is 330 g/mol. The van der Waals surface area contributed by atoms with E-state index in [1.54, 1.807) is 7.11 Å². The van der Waals surface area contributed by atoms with Gasteiger partial charge < -0.3 is 15.0 Å². The Morgan fingerprint density at radius 1 is 1.12 bits per heavy atom. The first-order valence-electron chi connectivity index (χ1n) is 9.48. The van der Waals surface area contributed by atoms with Crippen LogP contribution >= 0.6 is 0 Å². The highest BCUT2D eigenvalue weighted by Gasteiger charge is 2.37. The van der Waals surface area contributed by atoms with E-state index in [0.717, 1.165) is 24.4 Å². The Balaban J connectivity index is 1.68. The fraction of sp³-hybridized carbons (Fsp3) is 0.600. The lowest BCUT2D eigenvalue weighted by atomic mass is 9.94. The van der Waals surface area contributed by atoms with Crippen molar-refractivity contribution in [2.24, 2.45) is 0 Å². The molecule has 0 bridgehead atoms. The fourth-order valence-electron chi connectivity index (χ4n) is 4.01. The number of likely N-dealkylation sites (tertiary alicyclic amines) is 2. The average molecular weight is 359 g/mol. The van der Waals surface area contributed by atoms with Crippen LogP contribution in [0.5, 0.6) is 5.75 Å². The molecule has 6 nitrogen and oxygen atoms in total. The maximum Gasteiger partial charge on any atom is 0.236 e. The summed E-state index contributed by atoms with van der Waals surface area (Å²) in [5.41, 5.74) is 1.12. The number of carbonyl (C=O) groups is 2. The number of nitrogens with zero attached hydrogens (tertiary/aromatic N) is 2. The number of rotatable bonds is 5. The highest BCUT2D eigenvalue weighted by Crippen LogP contribution is 2.29. The predicted octanol–water partition coefficient (Wildman–Crippen LogP) is 1.61. The number of piperidine rings is 1. The molecule has 1 aromatic rings. The molecule has 2 saturated heterocycles. The van der Waals surface area contributed by atoms with E-state index in [9.17, 15) is 9.59 Å². The number of hydrogen-bond acceptors (Lipinski definition) is 4. The number of amides is 2. The summed E-state index contributed by atoms with van der Waals surface area (Å²) < 4.78 is 5.23. The summed E-state index contributed by atoms with van der Waals surface area (Å²) in [6, 6.07) is 7.86. The highest BCUT2D eigenvalue weighted by atomic mass is 16.5. The summed E-state index contributed by atoms with van der Waals surface area (Å²) in [6.07, 6.45) is 3.62. The molecule has 1 N–H and O–H groups in total. The Morgan fingerprint density at radius 3 is 2.42 bits per heavy atom. The summed E-state index contributed by atoms with van der Waals surface area (Å²) in [5.74, 6) is 1.02. The lowest BCUT2D eigenvalue weighted by Crippen LogP contribution is -2.43. The SMILES string of the molecule is COc1ccc([C@@H]2CN(C(=O)CN3CCCCC3)C[C@H]2NC(C)=O)cc1. The zero-order chi connectivity index (χ0) is 18.5. The molecule has 2 atom stereocenters. The van der Waals surface area contributed by atoms with Gasteiger partial charge in [0.05, 0.1) is 19.7 Å². The third-order valence-corrected chi connectivity index (χ3v) is 5.41. The van der Waals surface area contributed by atoms with Gasteiger partial charge in [-0.25, -0.2) is 0 Å². The number of hydrogen-bond donors (Lipinski definition) is 1. The van der Waals surface area contributed by atoms with Crippen LogP contribution in [0.15, 0.2) is 24.3 Å². The Hall–Kier alpha value is -2.08. The number of methoxy groups -OCH3 is 1. The molecule has 0 saturated carbocycles. The summed E-state index contributed by atoms with van der Waals surface area (Å²) in [5, 5.41) is 3.03. The van der Waals surface area contributed by atoms with Crippen LogP contribution in [-0.2, 0) is 9.59 Å². The van der Waals surface area contributed by atoms with Gasteiger partial charge in [-0.05, 0) is 43.6 Å². The van der Waals surface area contributed by atoms with Crippen LogP contribution in [0.2, 0.25) is 0 Å². The third kappa shape index (κ3) is 4.55. The third-order valence-electron chi connectivity index (χ3n) is 5.41. The van der Waals surface area contributed by atoms with Gasteiger partial charge in [0, 0.05) is 25.9 Å². The molecule has 0 radical (unpaired) electrons. The second-order valence-corrected chi connectivity index (χ2v) is 7.32. The minimum absolute atomic E-state index is 0.0498. The van der Waals surface area contributed by atoms with Gasteiger partial charge in [0.1, 0.15) is 5.75 Å². The van der Waals surface area contributed by atoms with Crippen molar-refractivity contribution in [3.05, 3.63) is 29.8 Å². The smallest absolute Gasteiger partial charge is 0.236 e. The van der Waals surface area contributed by atoms with Gasteiger partial charge in [0.2, 0.25) is 11.8 Å². The molecule has 0 aromatic heterocycles. The zero-order valence-corrected chi connectivity index (χ0v) is 15.7. The molecule has 142 valence electrons. The minimum Gasteiger partial charge on any atom is -0.497 e. The monoisotopic (exact) mass is 359 g/mol. The Bertz CT molecular complexity index is 626. The number of carbonyl (C=O) groups excluding carboxylic acids is 2. The summed E-state index contributed by atoms with van der Waals surface area (Å²) in [6.45, 7) is 5.26. The van der Waals surface area contributed by atoms with Crippen LogP contribution in [0.3, 0.4) is 0 Å². The first-order valence-corrected chi connectivity index (χ1v) is 9.48. The van der Waals surface area contributed by atoms with Crippen molar-refractivity contribution in [3.63, 3.8) is 0 Å². The van der Waals surface area contributed by atoms with Gasteiger partial charge in [0.25, 0.3) is 0 Å². The van der Waals surface area contributed by atoms with Gasteiger partial charge in [-0.2, -0.15) is 0 Å². The molecule has 2 amide bonds. The molecule has 1 aromatic carbocycles. The molecular formula is C20H29N3O3. The normalized spacial score (nSPS) is 23.7. The topological polar surface area (TPSA) is 61.9 Å². The van der Waals surface area contributed by atoms with Crippen LogP contribution in [0.25, 0.3) is 0 Å². The van der Waals surface area contributed by atoms with Gasteiger partial charge in [-0.15, -0.1) is 0 Å². The predicted molar refractivity (Wildman–Crippen MR) is 100 cm³/mol. The minimum atomic E-state index is -0.0566. The van der Waals surface area contributed by atoms with Crippen molar-refractivity contribution in [1.82, 2.24) is 15.1 Å². The lowest BCUT2D eigenvalue weighted by Gasteiger charge is -2.28. The fourth-order valence-corrected chi connectivity index (χ4v) is 4.01. The van der Waals surface area contributed by atoms with Crippen LogP contribution in [0.1, 0.15) is 37.7 Å². The van der Waals surface area contributed by atoms with E-state index in [2.05, 4.69) is 10.2 Å². The Morgan fingerprint density at radius 2 is 1.81 bits per heavy atom. The van der Waals surface area contributed by atoms with Gasteiger partial charge in [-0.1, -0.05) is 18.6 Å². The lowest BCUT2D eigenvalue weighted by molar-refractivity contribution is -0.132. The molecule has 2 heterocycles. The molecule has 2 aliphatic rings. The Labute approximate surface area is 155 Å². The molecule has 3 rings (SSSR count). The first-order chi connectivity index (χ1) is 12.6. The van der Waals surface area contributed by atoms with Crippen molar-refractivity contribution < 1.29 is 14.3 Å². The molecule has 26 heavy (non-hydrogen) atoms. The van der Waals surface area contributed by atoms with Crippen LogP contribution < -0.4 is 10.1 Å². The maximum atomic E-state index is 12.8. The average Bonchev–Trinajstić information content (AvgIpc) is 3.06. The van der Waals surface area contributed by atoms with Crippen LogP contribution in [-0.4, -0.2) is 67.5 Å². The van der Waals surface area contributed by atoms with E-state index in [0.29, 0.717) is 19.6 Å². The van der Waals surface area contributed by atoms with E-state index in [1.807, 2.05) is 29.2 Å². The maximum absolute atomic E-state index is 12.8. The molecule has 0 unspecified atom stereocenters. The van der Waals surface area contributed by atoms with Crippen molar-refractivity contribution in [3.8, 4) is 5.75 Å². The number of nitrogens with one attached hydrogen (secondary N) is 1. The quantitative estimate of drug-likeness (QED) is 0.868. The number of benzene rings is 1. The second-order valence-electron chi connectivity index (χ2n) is 7.32. The van der Waals surface area contributed by atoms with E-state index >= 15 is 0 Å². The molecule has 2 aliphatic heterocycles. The van der Waals surface area contributed by atoms with Crippen LogP contribution in [0, 0.1) is 0 Å². The number of ether oxygens (including phenoxy) is 1. The van der Waals surface area contributed by atoms with Gasteiger partial charge in [0.15, 0.2) is 0 Å². The highest BCUT2D eigenvalue weighted by molar-refractivity contribution is 5.79. The standard InChI is InChI=1S/C20H29N3O3/c1-15(24)21-19-13-23(20(25)14-22-10-4-3-5-11-22)12-18(19)16-6-8-17(26-2)9-7-16/h6-9,18-19H,3-5,10-14H2,1-2H3,(H,21,24)/t18-,19+/m0/s1. The van der Waals surface area contributed by atoms with Crippen molar-refractivity contribution >= 4 is 11.8 Å². The summed E-state index contributed by atoms with van der Waals surface area (Å²) >= 11 is 0. The van der Waals surface area contributed by atoms with E-state index in [4.69, 9.17) is 4.74 Å². The molecule has 2 fully saturated rings. The van der Waals surface area contributed by atoms with E-state index < -0.39 is 0 Å². The molecule has 0 spiro atoms. The largest absolute Gasteiger partial charge is 0.497 e. The van der Waals surface area contributed by atoms with Crippen molar-refractivity contribution in [2.45, 2.75) is 38.1 Å². The van der Waals surface area contributed by atoms with Gasteiger partial charge >= 0.3 is 0 Å². The first kappa shape index (κ1) is 18.7. The summed E-state index contributed by atoms with van der Waals surface area (Å²) in [4.78, 5) is 28.6. The molecule has 0 aliphatic carbocycles. The van der Waals surface area contributed by atoms with Gasteiger partial charge in [-0.3, -0.25) is 14.5 Å². The zero-order valence-electron chi connectivity index (χ0n) is 15.7. The summed E-state index contributed by atoms with van der Waals surface area (Å²) in [7, 11) is 1.64. The van der Waals surface area contributed by atoms with E-state index in [1.165, 1.54) is 26.2 Å². The van der Waals surface area contributed by atoms with Crippen molar-refractivity contribution in [1.29, 1.82) is 0 Å². The van der Waals surface area contributed by atoms with Crippen molar-refractivity contribution in [2.75, 3.05) is 39.8 Å². The van der Waals surface area contributed by atoms with Crippen LogP contribution in [0.4, 0.5) is 0 Å². The Kier molecular flexibility index (Phi) is 6.14. The van der Waals surface area contributed by atoms with E-state index in [-0.39, 0.29) is 23.8 Å². The molecule has 6 heteroatoms. The second kappa shape index (κ2) is 8.54.